The van der Waals surface area contributed by atoms with Crippen molar-refractivity contribution in [2.24, 2.45) is 0 Å². The first-order valence-corrected chi connectivity index (χ1v) is 10.3. The van der Waals surface area contributed by atoms with E-state index in [0.29, 0.717) is 5.75 Å². The van der Waals surface area contributed by atoms with Crippen LogP contribution in [0.3, 0.4) is 0 Å². The van der Waals surface area contributed by atoms with Crippen molar-refractivity contribution >= 4 is 39.7 Å². The fraction of sp³-hybridized carbons (Fsp3) is 0.250. The van der Waals surface area contributed by atoms with Crippen LogP contribution in [-0.2, 0) is 4.79 Å². The van der Waals surface area contributed by atoms with Gasteiger partial charge in [0.2, 0.25) is 12.7 Å². The standard InChI is InChI=1S/C20H18BrNO4S/c1-24-16-6-4-14(11-15(16)21)20-22(8-9-27-20)19(23)7-3-13-2-5-17-18(10-13)26-12-25-17/h2-7,10-11,20H,8-9,12H2,1H3. The third-order valence-corrected chi connectivity index (χ3v) is 6.33. The number of benzene rings is 2. The van der Waals surface area contributed by atoms with Gasteiger partial charge in [-0.2, -0.15) is 0 Å². The van der Waals surface area contributed by atoms with Gasteiger partial charge in [0, 0.05) is 18.4 Å². The molecule has 1 fully saturated rings. The van der Waals surface area contributed by atoms with E-state index in [0.717, 1.165) is 39.4 Å². The molecule has 1 unspecified atom stereocenters. The van der Waals surface area contributed by atoms with E-state index < -0.39 is 0 Å². The fourth-order valence-corrected chi connectivity index (χ4v) is 4.90. The predicted molar refractivity (Wildman–Crippen MR) is 109 cm³/mol. The van der Waals surface area contributed by atoms with E-state index in [1.807, 2.05) is 47.4 Å². The summed E-state index contributed by atoms with van der Waals surface area (Å²) in [5.74, 6) is 3.14. The van der Waals surface area contributed by atoms with Crippen LogP contribution in [-0.4, -0.2) is 37.0 Å². The average Bonchev–Trinajstić information content (AvgIpc) is 3.34. The van der Waals surface area contributed by atoms with E-state index in [2.05, 4.69) is 15.9 Å². The second kappa shape index (κ2) is 7.86. The van der Waals surface area contributed by atoms with E-state index >= 15 is 0 Å². The summed E-state index contributed by atoms with van der Waals surface area (Å²) in [5.41, 5.74) is 1.98. The van der Waals surface area contributed by atoms with Crippen molar-refractivity contribution in [3.8, 4) is 17.2 Å². The van der Waals surface area contributed by atoms with Crippen LogP contribution in [0.4, 0.5) is 0 Å². The Labute approximate surface area is 170 Å². The minimum atomic E-state index is -0.00499. The molecule has 1 saturated heterocycles. The lowest BCUT2D eigenvalue weighted by molar-refractivity contribution is -0.126. The van der Waals surface area contributed by atoms with Gasteiger partial charge in [-0.1, -0.05) is 12.1 Å². The average molecular weight is 448 g/mol. The number of halogens is 1. The molecule has 2 aliphatic rings. The van der Waals surface area contributed by atoms with E-state index in [4.69, 9.17) is 14.2 Å². The van der Waals surface area contributed by atoms with Crippen molar-refractivity contribution in [1.29, 1.82) is 0 Å². The van der Waals surface area contributed by atoms with Gasteiger partial charge in [0.25, 0.3) is 0 Å². The number of thioether (sulfide) groups is 1. The van der Waals surface area contributed by atoms with Gasteiger partial charge in [-0.15, -0.1) is 11.8 Å². The first kappa shape index (κ1) is 18.3. The van der Waals surface area contributed by atoms with E-state index in [1.165, 1.54) is 0 Å². The molecule has 5 nitrogen and oxygen atoms in total. The Balaban J connectivity index is 1.50. The molecular weight excluding hydrogens is 430 g/mol. The first-order valence-electron chi connectivity index (χ1n) is 8.49. The van der Waals surface area contributed by atoms with E-state index in [-0.39, 0.29) is 18.1 Å². The first-order chi connectivity index (χ1) is 13.2. The Morgan fingerprint density at radius 1 is 1.26 bits per heavy atom. The van der Waals surface area contributed by atoms with Crippen molar-refractivity contribution in [3.05, 3.63) is 58.1 Å². The summed E-state index contributed by atoms with van der Waals surface area (Å²) >= 11 is 5.29. The molecule has 1 atom stereocenters. The van der Waals surface area contributed by atoms with Crippen molar-refractivity contribution in [3.63, 3.8) is 0 Å². The lowest BCUT2D eigenvalue weighted by Gasteiger charge is -2.23. The summed E-state index contributed by atoms with van der Waals surface area (Å²) in [7, 11) is 1.64. The highest BCUT2D eigenvalue weighted by atomic mass is 79.9. The normalized spacial score (nSPS) is 18.3. The molecular formula is C20H18BrNO4S. The second-order valence-electron chi connectivity index (χ2n) is 6.09. The molecule has 7 heteroatoms. The molecule has 2 aromatic rings. The van der Waals surface area contributed by atoms with Gasteiger partial charge in [-0.25, -0.2) is 0 Å². The quantitative estimate of drug-likeness (QED) is 0.646. The van der Waals surface area contributed by atoms with Crippen molar-refractivity contribution in [2.75, 3.05) is 26.2 Å². The molecule has 2 aliphatic heterocycles. The maximum Gasteiger partial charge on any atom is 0.247 e. The van der Waals surface area contributed by atoms with Gasteiger partial charge >= 0.3 is 0 Å². The van der Waals surface area contributed by atoms with Crippen LogP contribution in [0.1, 0.15) is 16.5 Å². The van der Waals surface area contributed by atoms with E-state index in [9.17, 15) is 4.79 Å². The minimum absolute atomic E-state index is 0.00103. The highest BCUT2D eigenvalue weighted by Crippen LogP contribution is 2.40. The van der Waals surface area contributed by atoms with Gasteiger partial charge < -0.3 is 19.1 Å². The molecule has 27 heavy (non-hydrogen) atoms. The molecule has 0 N–H and O–H groups in total. The molecule has 0 aromatic heterocycles. The Bertz CT molecular complexity index is 902. The molecule has 1 amide bonds. The number of amides is 1. The molecule has 2 aromatic carbocycles. The minimum Gasteiger partial charge on any atom is -0.496 e. The number of carbonyl (C=O) groups excluding carboxylic acids is 1. The zero-order valence-corrected chi connectivity index (χ0v) is 17.1. The number of hydrogen-bond acceptors (Lipinski definition) is 5. The number of methoxy groups -OCH3 is 1. The van der Waals surface area contributed by atoms with Crippen molar-refractivity contribution < 1.29 is 19.0 Å². The Morgan fingerprint density at radius 3 is 2.93 bits per heavy atom. The maximum atomic E-state index is 12.8. The SMILES string of the molecule is COc1ccc(C2SCCN2C(=O)C=Cc2ccc3c(c2)OCO3)cc1Br. The van der Waals surface area contributed by atoms with Crippen LogP contribution >= 0.6 is 27.7 Å². The topological polar surface area (TPSA) is 48.0 Å². The highest BCUT2D eigenvalue weighted by molar-refractivity contribution is 9.10. The Morgan fingerprint density at radius 2 is 2.11 bits per heavy atom. The smallest absolute Gasteiger partial charge is 0.247 e. The highest BCUT2D eigenvalue weighted by Gasteiger charge is 2.29. The zero-order chi connectivity index (χ0) is 18.8. The summed E-state index contributed by atoms with van der Waals surface area (Å²) < 4.78 is 16.9. The summed E-state index contributed by atoms with van der Waals surface area (Å²) in [5, 5.41) is 0.00103. The van der Waals surface area contributed by atoms with Crippen LogP contribution in [0.5, 0.6) is 17.2 Å². The van der Waals surface area contributed by atoms with Crippen LogP contribution in [0, 0.1) is 0 Å². The summed E-state index contributed by atoms with van der Waals surface area (Å²) in [6.45, 7) is 0.967. The van der Waals surface area contributed by atoms with Gasteiger partial charge in [-0.05, 0) is 57.4 Å². The second-order valence-corrected chi connectivity index (χ2v) is 8.14. The fourth-order valence-electron chi connectivity index (χ4n) is 3.09. The summed E-state index contributed by atoms with van der Waals surface area (Å²) in [6, 6.07) is 11.6. The Kier molecular flexibility index (Phi) is 5.31. The largest absolute Gasteiger partial charge is 0.496 e. The molecule has 4 rings (SSSR count). The van der Waals surface area contributed by atoms with E-state index in [1.54, 1.807) is 24.9 Å². The molecule has 0 saturated carbocycles. The molecule has 2 heterocycles. The third kappa shape index (κ3) is 3.80. The van der Waals surface area contributed by atoms with Crippen LogP contribution in [0.2, 0.25) is 0 Å². The van der Waals surface area contributed by atoms with Crippen molar-refractivity contribution in [2.45, 2.75) is 5.37 Å². The van der Waals surface area contributed by atoms with Crippen LogP contribution in [0.25, 0.3) is 6.08 Å². The number of rotatable bonds is 4. The van der Waals surface area contributed by atoms with Gasteiger partial charge in [0.15, 0.2) is 11.5 Å². The number of carbonyl (C=O) groups is 1. The number of ether oxygens (including phenoxy) is 3. The Hall–Kier alpha value is -2.12. The van der Waals surface area contributed by atoms with Crippen LogP contribution in [0.15, 0.2) is 46.9 Å². The van der Waals surface area contributed by atoms with Crippen molar-refractivity contribution in [1.82, 2.24) is 4.90 Å². The predicted octanol–water partition coefficient (Wildman–Crippen LogP) is 4.47. The number of hydrogen-bond donors (Lipinski definition) is 0. The van der Waals surface area contributed by atoms with Gasteiger partial charge in [0.1, 0.15) is 11.1 Å². The lowest BCUT2D eigenvalue weighted by atomic mass is 10.1. The molecule has 0 spiro atoms. The molecule has 0 aliphatic carbocycles. The van der Waals surface area contributed by atoms with Gasteiger partial charge in [-0.3, -0.25) is 4.79 Å². The maximum absolute atomic E-state index is 12.8. The monoisotopic (exact) mass is 447 g/mol. The number of fused-ring (bicyclic) bond motifs is 1. The van der Waals surface area contributed by atoms with Gasteiger partial charge in [0.05, 0.1) is 11.6 Å². The number of nitrogens with zero attached hydrogens (tertiary/aromatic N) is 1. The molecule has 0 bridgehead atoms. The summed E-state index contributed by atoms with van der Waals surface area (Å²) in [6.07, 6.45) is 3.43. The zero-order valence-electron chi connectivity index (χ0n) is 14.7. The molecule has 140 valence electrons. The summed E-state index contributed by atoms with van der Waals surface area (Å²) in [4.78, 5) is 14.7. The third-order valence-electron chi connectivity index (χ3n) is 4.45. The molecule has 0 radical (unpaired) electrons. The lowest BCUT2D eigenvalue weighted by Crippen LogP contribution is -2.28. The van der Waals surface area contributed by atoms with Crippen LogP contribution < -0.4 is 14.2 Å².